The fourth-order valence-corrected chi connectivity index (χ4v) is 4.67. The van der Waals surface area contributed by atoms with Crippen molar-refractivity contribution in [2.24, 2.45) is 0 Å². The van der Waals surface area contributed by atoms with Crippen molar-refractivity contribution in [1.82, 2.24) is 10.2 Å². The van der Waals surface area contributed by atoms with Gasteiger partial charge in [-0.2, -0.15) is 0 Å². The molecule has 2 heterocycles. The Morgan fingerprint density at radius 1 is 1.00 bits per heavy atom. The summed E-state index contributed by atoms with van der Waals surface area (Å²) in [4.78, 5) is 30.5. The molecule has 3 aromatic rings. The van der Waals surface area contributed by atoms with Crippen LogP contribution in [0.15, 0.2) is 72.1 Å². The van der Waals surface area contributed by atoms with Gasteiger partial charge in [0.05, 0.1) is 16.1 Å². The average molecular weight is 434 g/mol. The Bertz CT molecular complexity index is 1010. The zero-order chi connectivity index (χ0) is 21.6. The second-order valence-corrected chi connectivity index (χ2v) is 8.82. The molecule has 2 amide bonds. The van der Waals surface area contributed by atoms with Crippen LogP contribution in [0, 0.1) is 0 Å². The van der Waals surface area contributed by atoms with Crippen LogP contribution in [0.3, 0.4) is 0 Å². The van der Waals surface area contributed by atoms with E-state index < -0.39 is 0 Å². The summed E-state index contributed by atoms with van der Waals surface area (Å²) in [6.45, 7) is 2.86. The highest BCUT2D eigenvalue weighted by Gasteiger charge is 2.24. The smallest absolute Gasteiger partial charge is 0.268 e. The van der Waals surface area contributed by atoms with Gasteiger partial charge in [0, 0.05) is 32.7 Å². The van der Waals surface area contributed by atoms with Crippen LogP contribution in [-0.2, 0) is 6.54 Å². The summed E-state index contributed by atoms with van der Waals surface area (Å²) in [5.74, 6) is -0.229. The van der Waals surface area contributed by atoms with Gasteiger partial charge in [-0.1, -0.05) is 48.5 Å². The lowest BCUT2D eigenvalue weighted by atomic mass is 10.0. The molecule has 5 nitrogen and oxygen atoms in total. The maximum atomic E-state index is 13.1. The fraction of sp³-hybridized carbons (Fsp3) is 0.280. The number of amides is 2. The molecule has 0 unspecified atom stereocenters. The molecule has 31 heavy (non-hydrogen) atoms. The van der Waals surface area contributed by atoms with E-state index in [1.165, 1.54) is 16.9 Å². The number of anilines is 1. The second kappa shape index (κ2) is 9.90. The van der Waals surface area contributed by atoms with Crippen LogP contribution in [0.4, 0.5) is 5.69 Å². The van der Waals surface area contributed by atoms with E-state index in [1.807, 2.05) is 35.7 Å². The lowest BCUT2D eigenvalue weighted by molar-refractivity contribution is 0.0909. The van der Waals surface area contributed by atoms with Crippen LogP contribution in [0.5, 0.6) is 0 Å². The topological polar surface area (TPSA) is 52.7 Å². The summed E-state index contributed by atoms with van der Waals surface area (Å²) < 4.78 is 0. The van der Waals surface area contributed by atoms with Gasteiger partial charge in [-0.25, -0.2) is 0 Å². The Morgan fingerprint density at radius 2 is 1.71 bits per heavy atom. The van der Waals surface area contributed by atoms with Gasteiger partial charge >= 0.3 is 0 Å². The van der Waals surface area contributed by atoms with E-state index in [2.05, 4.69) is 34.5 Å². The van der Waals surface area contributed by atoms with Crippen molar-refractivity contribution < 1.29 is 9.59 Å². The average Bonchev–Trinajstić information content (AvgIpc) is 3.35. The first-order chi connectivity index (χ1) is 15.1. The maximum absolute atomic E-state index is 13.1. The van der Waals surface area contributed by atoms with Gasteiger partial charge in [-0.05, 0) is 42.0 Å². The first-order valence-corrected chi connectivity index (χ1v) is 11.5. The molecule has 2 aromatic carbocycles. The molecule has 1 aromatic heterocycles. The van der Waals surface area contributed by atoms with E-state index in [-0.39, 0.29) is 17.9 Å². The van der Waals surface area contributed by atoms with Gasteiger partial charge in [0.25, 0.3) is 11.8 Å². The number of hydrogen-bond acceptors (Lipinski definition) is 4. The Hall–Kier alpha value is -2.96. The maximum Gasteiger partial charge on any atom is 0.268 e. The molecule has 1 N–H and O–H groups in total. The van der Waals surface area contributed by atoms with Crippen molar-refractivity contribution in [1.29, 1.82) is 0 Å². The molecule has 0 bridgehead atoms. The van der Waals surface area contributed by atoms with Crippen LogP contribution in [-0.4, -0.2) is 42.9 Å². The van der Waals surface area contributed by atoms with Crippen LogP contribution in [0.1, 0.15) is 38.4 Å². The molecular formula is C25H27N3O2S. The molecule has 1 aliphatic rings. The predicted octanol–water partition coefficient (Wildman–Crippen LogP) is 4.42. The summed E-state index contributed by atoms with van der Waals surface area (Å²) in [5.41, 5.74) is 2.47. The molecule has 0 radical (unpaired) electrons. The van der Waals surface area contributed by atoms with Crippen molar-refractivity contribution in [2.45, 2.75) is 25.4 Å². The van der Waals surface area contributed by atoms with E-state index in [1.54, 1.807) is 24.1 Å². The summed E-state index contributed by atoms with van der Waals surface area (Å²) >= 11 is 1.40. The van der Waals surface area contributed by atoms with Gasteiger partial charge in [0.1, 0.15) is 0 Å². The molecule has 0 spiro atoms. The molecular weight excluding hydrogens is 406 g/mol. The van der Waals surface area contributed by atoms with Crippen molar-refractivity contribution in [3.05, 3.63) is 88.1 Å². The molecule has 0 aliphatic carbocycles. The minimum atomic E-state index is -0.122. The number of benzene rings is 2. The van der Waals surface area contributed by atoms with Gasteiger partial charge < -0.3 is 10.2 Å². The number of para-hydroxylation sites is 1. The van der Waals surface area contributed by atoms with E-state index in [9.17, 15) is 9.59 Å². The van der Waals surface area contributed by atoms with Crippen LogP contribution < -0.4 is 10.2 Å². The number of rotatable bonds is 6. The fourth-order valence-electron chi connectivity index (χ4n) is 3.97. The molecule has 160 valence electrons. The third kappa shape index (κ3) is 5.21. The number of piperidine rings is 1. The Morgan fingerprint density at radius 3 is 2.42 bits per heavy atom. The Kier molecular flexibility index (Phi) is 6.79. The Balaban J connectivity index is 1.37. The van der Waals surface area contributed by atoms with Crippen LogP contribution >= 0.6 is 11.3 Å². The van der Waals surface area contributed by atoms with Gasteiger partial charge in [0.15, 0.2) is 0 Å². The second-order valence-electron chi connectivity index (χ2n) is 7.87. The normalized spacial score (nSPS) is 14.9. The number of carbonyl (C=O) groups is 2. The molecule has 0 atom stereocenters. The molecule has 4 rings (SSSR count). The highest BCUT2D eigenvalue weighted by atomic mass is 32.1. The lowest BCUT2D eigenvalue weighted by Crippen LogP contribution is -2.44. The third-order valence-electron chi connectivity index (χ3n) is 5.72. The Labute approximate surface area is 187 Å². The number of hydrogen-bond donors (Lipinski definition) is 1. The van der Waals surface area contributed by atoms with Gasteiger partial charge in [0.2, 0.25) is 0 Å². The standard InChI is InChI=1S/C25H27N3O2S/c1-27(25(30)23-12-7-17-31-23)22-11-6-5-10-21(22)24(29)26-20-13-15-28(16-14-20)18-19-8-3-2-4-9-19/h2-12,17,20H,13-16,18H2,1H3,(H,26,29). The van der Waals surface area contributed by atoms with Gasteiger partial charge in [-0.3, -0.25) is 14.5 Å². The lowest BCUT2D eigenvalue weighted by Gasteiger charge is -2.32. The van der Waals surface area contributed by atoms with Crippen molar-refractivity contribution in [3.8, 4) is 0 Å². The molecule has 1 fully saturated rings. The summed E-state index contributed by atoms with van der Waals surface area (Å²) in [7, 11) is 1.72. The zero-order valence-corrected chi connectivity index (χ0v) is 18.5. The first-order valence-electron chi connectivity index (χ1n) is 10.6. The summed E-state index contributed by atoms with van der Waals surface area (Å²) in [5, 5.41) is 5.07. The van der Waals surface area contributed by atoms with Crippen molar-refractivity contribution >= 4 is 28.8 Å². The quantitative estimate of drug-likeness (QED) is 0.626. The predicted molar refractivity (Wildman–Crippen MR) is 126 cm³/mol. The minimum Gasteiger partial charge on any atom is -0.349 e. The first kappa shape index (κ1) is 21.3. The van der Waals surface area contributed by atoms with Crippen LogP contribution in [0.25, 0.3) is 0 Å². The van der Waals surface area contributed by atoms with Crippen molar-refractivity contribution in [2.75, 3.05) is 25.0 Å². The highest BCUT2D eigenvalue weighted by Crippen LogP contribution is 2.23. The highest BCUT2D eigenvalue weighted by molar-refractivity contribution is 7.12. The molecule has 1 aliphatic heterocycles. The largest absolute Gasteiger partial charge is 0.349 e. The molecule has 1 saturated heterocycles. The van der Waals surface area contributed by atoms with E-state index >= 15 is 0 Å². The number of nitrogens with one attached hydrogen (secondary N) is 1. The van der Waals surface area contributed by atoms with E-state index in [0.29, 0.717) is 16.1 Å². The van der Waals surface area contributed by atoms with Crippen molar-refractivity contribution in [3.63, 3.8) is 0 Å². The number of likely N-dealkylation sites (tertiary alicyclic amines) is 1. The zero-order valence-electron chi connectivity index (χ0n) is 17.7. The minimum absolute atomic E-state index is 0.107. The summed E-state index contributed by atoms with van der Waals surface area (Å²) in [6, 6.07) is 21.6. The van der Waals surface area contributed by atoms with E-state index in [4.69, 9.17) is 0 Å². The van der Waals surface area contributed by atoms with E-state index in [0.717, 1.165) is 32.5 Å². The molecule has 6 heteroatoms. The van der Waals surface area contributed by atoms with Gasteiger partial charge in [-0.15, -0.1) is 11.3 Å². The monoisotopic (exact) mass is 433 g/mol. The SMILES string of the molecule is CN(C(=O)c1cccs1)c1ccccc1C(=O)NC1CCN(Cc2ccccc2)CC1. The summed E-state index contributed by atoms with van der Waals surface area (Å²) in [6.07, 6.45) is 1.84. The number of thiophene rings is 1. The third-order valence-corrected chi connectivity index (χ3v) is 6.58. The number of nitrogens with zero attached hydrogens (tertiary/aromatic N) is 2. The van der Waals surface area contributed by atoms with Crippen LogP contribution in [0.2, 0.25) is 0 Å². The molecule has 0 saturated carbocycles. The number of carbonyl (C=O) groups excluding carboxylic acids is 2.